The molecule has 0 spiro atoms. The maximum atomic E-state index is 11.5. The average Bonchev–Trinajstić information content (AvgIpc) is 2.31. The van der Waals surface area contributed by atoms with Crippen LogP contribution in [0.3, 0.4) is 0 Å². The zero-order chi connectivity index (χ0) is 13.5. The number of ketones is 1. The van der Waals surface area contributed by atoms with E-state index >= 15 is 0 Å². The molecule has 3 heteroatoms. The number of hydrogen-bond acceptors (Lipinski definition) is 3. The lowest BCUT2D eigenvalue weighted by Crippen LogP contribution is -2.08. The van der Waals surface area contributed by atoms with E-state index in [1.807, 2.05) is 13.0 Å². The van der Waals surface area contributed by atoms with Crippen molar-refractivity contribution in [3.8, 4) is 5.75 Å². The van der Waals surface area contributed by atoms with E-state index < -0.39 is 0 Å². The Morgan fingerprint density at radius 1 is 1.39 bits per heavy atom. The lowest BCUT2D eigenvalue weighted by atomic mass is 9.94. The summed E-state index contributed by atoms with van der Waals surface area (Å²) in [5.74, 6) is 0.724. The first-order chi connectivity index (χ1) is 8.56. The zero-order valence-corrected chi connectivity index (χ0v) is 11.1. The normalized spacial score (nSPS) is 12.4. The van der Waals surface area contributed by atoms with Crippen molar-refractivity contribution >= 4 is 5.78 Å². The predicted octanol–water partition coefficient (Wildman–Crippen LogP) is 2.82. The van der Waals surface area contributed by atoms with E-state index in [9.17, 15) is 9.90 Å². The van der Waals surface area contributed by atoms with Crippen LogP contribution in [-0.2, 0) is 17.8 Å². The Hall–Kier alpha value is -1.35. The molecule has 3 nitrogen and oxygen atoms in total. The predicted molar refractivity (Wildman–Crippen MR) is 71.4 cm³/mol. The minimum absolute atomic E-state index is 0.121. The molecule has 0 saturated heterocycles. The third-order valence-electron chi connectivity index (χ3n) is 3.00. The number of carbonyl (C=O) groups excluding carboxylic acids is 1. The molecule has 0 aromatic heterocycles. The van der Waals surface area contributed by atoms with Gasteiger partial charge in [-0.25, -0.2) is 0 Å². The molecule has 0 saturated carbocycles. The van der Waals surface area contributed by atoms with Crippen LogP contribution in [0.4, 0.5) is 0 Å². The van der Waals surface area contributed by atoms with Crippen LogP contribution in [0, 0.1) is 5.92 Å². The molecule has 0 aliphatic carbocycles. The van der Waals surface area contributed by atoms with E-state index in [0.717, 1.165) is 18.4 Å². The van der Waals surface area contributed by atoms with Crippen molar-refractivity contribution in [1.29, 1.82) is 0 Å². The molecule has 0 radical (unpaired) electrons. The maximum Gasteiger partial charge on any atom is 0.133 e. The smallest absolute Gasteiger partial charge is 0.133 e. The molecule has 0 amide bonds. The second-order valence-electron chi connectivity index (χ2n) is 4.92. The fourth-order valence-electron chi connectivity index (χ4n) is 2.14. The van der Waals surface area contributed by atoms with Gasteiger partial charge in [-0.3, -0.25) is 4.79 Å². The highest BCUT2D eigenvalue weighted by Crippen LogP contribution is 2.21. The van der Waals surface area contributed by atoms with E-state index in [4.69, 9.17) is 5.11 Å². The summed E-state index contributed by atoms with van der Waals surface area (Å²) in [5, 5.41) is 18.5. The minimum Gasteiger partial charge on any atom is -0.508 e. The number of hydrogen-bond donors (Lipinski definition) is 2. The van der Waals surface area contributed by atoms with Crippen molar-refractivity contribution in [2.45, 2.75) is 46.1 Å². The van der Waals surface area contributed by atoms with Gasteiger partial charge in [0.25, 0.3) is 0 Å². The molecule has 0 aliphatic rings. The highest BCUT2D eigenvalue weighted by atomic mass is 16.3. The molecule has 100 valence electrons. The topological polar surface area (TPSA) is 57.5 Å². The Labute approximate surface area is 108 Å². The molecule has 0 heterocycles. The Balaban J connectivity index is 2.59. The van der Waals surface area contributed by atoms with E-state index in [2.05, 4.69) is 6.92 Å². The molecule has 1 aromatic rings. The van der Waals surface area contributed by atoms with Gasteiger partial charge < -0.3 is 10.2 Å². The number of aliphatic hydroxyl groups excluding tert-OH is 1. The van der Waals surface area contributed by atoms with Crippen LogP contribution in [0.15, 0.2) is 18.2 Å². The highest BCUT2D eigenvalue weighted by Gasteiger charge is 2.10. The van der Waals surface area contributed by atoms with Gasteiger partial charge >= 0.3 is 0 Å². The summed E-state index contributed by atoms with van der Waals surface area (Å²) >= 11 is 0. The van der Waals surface area contributed by atoms with Gasteiger partial charge in [0, 0.05) is 18.4 Å². The third-order valence-corrected chi connectivity index (χ3v) is 3.00. The second-order valence-corrected chi connectivity index (χ2v) is 4.92. The fourth-order valence-corrected chi connectivity index (χ4v) is 2.14. The number of aliphatic hydroxyl groups is 1. The molecule has 1 atom stereocenters. The first-order valence-corrected chi connectivity index (χ1v) is 6.50. The maximum absolute atomic E-state index is 11.5. The van der Waals surface area contributed by atoms with Crippen LogP contribution >= 0.6 is 0 Å². The number of benzene rings is 1. The fraction of sp³-hybridized carbons (Fsp3) is 0.533. The monoisotopic (exact) mass is 250 g/mol. The van der Waals surface area contributed by atoms with Gasteiger partial charge in [-0.15, -0.1) is 0 Å². The number of aromatic hydroxyl groups is 1. The summed E-state index contributed by atoms with van der Waals surface area (Å²) in [6.07, 6.45) is 2.95. The Kier molecular flexibility index (Phi) is 5.86. The molecule has 1 aromatic carbocycles. The Morgan fingerprint density at radius 3 is 2.72 bits per heavy atom. The molecular weight excluding hydrogens is 228 g/mol. The van der Waals surface area contributed by atoms with E-state index in [-0.39, 0.29) is 12.4 Å². The zero-order valence-electron chi connectivity index (χ0n) is 11.1. The molecule has 0 bridgehead atoms. The van der Waals surface area contributed by atoms with Gasteiger partial charge in [-0.1, -0.05) is 19.9 Å². The highest BCUT2D eigenvalue weighted by molar-refractivity contribution is 5.78. The van der Waals surface area contributed by atoms with Crippen LogP contribution < -0.4 is 0 Å². The lowest BCUT2D eigenvalue weighted by Gasteiger charge is -2.12. The molecular formula is C15H22O3. The molecule has 1 rings (SSSR count). The molecule has 18 heavy (non-hydrogen) atoms. The van der Waals surface area contributed by atoms with Gasteiger partial charge in [0.2, 0.25) is 0 Å². The van der Waals surface area contributed by atoms with Crippen LogP contribution in [-0.4, -0.2) is 16.0 Å². The van der Waals surface area contributed by atoms with Crippen molar-refractivity contribution < 1.29 is 15.0 Å². The van der Waals surface area contributed by atoms with Crippen molar-refractivity contribution in [3.05, 3.63) is 29.3 Å². The van der Waals surface area contributed by atoms with Crippen LogP contribution in [0.1, 0.15) is 44.2 Å². The van der Waals surface area contributed by atoms with E-state index in [1.54, 1.807) is 12.1 Å². The minimum atomic E-state index is -0.164. The second kappa shape index (κ2) is 7.17. The SMILES string of the molecule is CCCC(=O)CC(C)Cc1ccc(O)c(CO)c1. The molecule has 1 unspecified atom stereocenters. The van der Waals surface area contributed by atoms with Crippen LogP contribution in [0.2, 0.25) is 0 Å². The first kappa shape index (κ1) is 14.7. The van der Waals surface area contributed by atoms with Gasteiger partial charge in [-0.2, -0.15) is 0 Å². The van der Waals surface area contributed by atoms with E-state index in [1.165, 1.54) is 0 Å². The van der Waals surface area contributed by atoms with Gasteiger partial charge in [-0.05, 0) is 36.5 Å². The van der Waals surface area contributed by atoms with Crippen molar-refractivity contribution in [2.75, 3.05) is 0 Å². The Bertz CT molecular complexity index is 399. The summed E-state index contributed by atoms with van der Waals surface area (Å²) in [6, 6.07) is 5.24. The average molecular weight is 250 g/mol. The molecule has 0 fully saturated rings. The number of phenols is 1. The quantitative estimate of drug-likeness (QED) is 0.782. The number of Topliss-reactive ketones (excluding diaryl/α,β-unsaturated/α-hetero) is 1. The van der Waals surface area contributed by atoms with Gasteiger partial charge in [0.1, 0.15) is 11.5 Å². The molecule has 2 N–H and O–H groups in total. The van der Waals surface area contributed by atoms with Crippen molar-refractivity contribution in [3.63, 3.8) is 0 Å². The summed E-state index contributed by atoms with van der Waals surface area (Å²) in [6.45, 7) is 3.90. The number of rotatable bonds is 7. The van der Waals surface area contributed by atoms with E-state index in [0.29, 0.717) is 30.1 Å². The third kappa shape index (κ3) is 4.49. The summed E-state index contributed by atoms with van der Waals surface area (Å²) in [5.41, 5.74) is 1.59. The van der Waals surface area contributed by atoms with Crippen molar-refractivity contribution in [1.82, 2.24) is 0 Å². The van der Waals surface area contributed by atoms with Crippen molar-refractivity contribution in [2.24, 2.45) is 5.92 Å². The first-order valence-electron chi connectivity index (χ1n) is 6.50. The lowest BCUT2D eigenvalue weighted by molar-refractivity contribution is -0.119. The largest absolute Gasteiger partial charge is 0.508 e. The summed E-state index contributed by atoms with van der Waals surface area (Å²) in [7, 11) is 0. The molecule has 0 aliphatic heterocycles. The van der Waals surface area contributed by atoms with Crippen LogP contribution in [0.5, 0.6) is 5.75 Å². The summed E-state index contributed by atoms with van der Waals surface area (Å²) < 4.78 is 0. The van der Waals surface area contributed by atoms with Gasteiger partial charge in [0.05, 0.1) is 6.61 Å². The number of carbonyl (C=O) groups is 1. The Morgan fingerprint density at radius 2 is 2.11 bits per heavy atom. The summed E-state index contributed by atoms with van der Waals surface area (Å²) in [4.78, 5) is 11.5. The standard InChI is InChI=1S/C15H22O3/c1-3-4-14(17)8-11(2)7-12-5-6-15(18)13(9-12)10-16/h5-6,9,11,16,18H,3-4,7-8,10H2,1-2H3. The van der Waals surface area contributed by atoms with Gasteiger partial charge in [0.15, 0.2) is 0 Å². The van der Waals surface area contributed by atoms with Crippen LogP contribution in [0.25, 0.3) is 0 Å².